The number of nitrogens with zero attached hydrogens (tertiary/aromatic N) is 2. The van der Waals surface area contributed by atoms with Crippen LogP contribution in [-0.4, -0.2) is 20.9 Å². The SMILES string of the molecule is O=C(CCCBr)NCc1cnn2ccccc12. The van der Waals surface area contributed by atoms with Crippen LogP contribution in [0.15, 0.2) is 30.6 Å². The highest BCUT2D eigenvalue weighted by molar-refractivity contribution is 9.09. The van der Waals surface area contributed by atoms with Gasteiger partial charge in [-0.3, -0.25) is 4.79 Å². The molecule has 0 atom stereocenters. The smallest absolute Gasteiger partial charge is 0.220 e. The maximum absolute atomic E-state index is 11.5. The van der Waals surface area contributed by atoms with E-state index in [9.17, 15) is 4.79 Å². The average molecular weight is 296 g/mol. The Hall–Kier alpha value is -1.36. The third kappa shape index (κ3) is 3.06. The Labute approximate surface area is 108 Å². The van der Waals surface area contributed by atoms with E-state index in [1.807, 2.05) is 24.4 Å². The number of fused-ring (bicyclic) bond motifs is 1. The van der Waals surface area contributed by atoms with Crippen molar-refractivity contribution in [2.45, 2.75) is 19.4 Å². The number of pyridine rings is 1. The van der Waals surface area contributed by atoms with Crippen molar-refractivity contribution in [3.8, 4) is 0 Å². The summed E-state index contributed by atoms with van der Waals surface area (Å²) in [5.74, 6) is 0.0831. The fourth-order valence-electron chi connectivity index (χ4n) is 1.63. The van der Waals surface area contributed by atoms with Crippen molar-refractivity contribution >= 4 is 27.4 Å². The van der Waals surface area contributed by atoms with E-state index >= 15 is 0 Å². The van der Waals surface area contributed by atoms with Crippen LogP contribution in [0.2, 0.25) is 0 Å². The molecule has 2 aromatic heterocycles. The Morgan fingerprint density at radius 1 is 1.47 bits per heavy atom. The molecule has 0 aliphatic heterocycles. The van der Waals surface area contributed by atoms with Crippen molar-refractivity contribution < 1.29 is 4.79 Å². The van der Waals surface area contributed by atoms with Gasteiger partial charge in [0.15, 0.2) is 0 Å². The fourth-order valence-corrected chi connectivity index (χ4v) is 1.91. The zero-order chi connectivity index (χ0) is 12.1. The summed E-state index contributed by atoms with van der Waals surface area (Å²) in [6.07, 6.45) is 5.11. The molecule has 2 rings (SSSR count). The van der Waals surface area contributed by atoms with E-state index in [0.29, 0.717) is 13.0 Å². The minimum atomic E-state index is 0.0831. The van der Waals surface area contributed by atoms with Crippen LogP contribution < -0.4 is 5.32 Å². The van der Waals surface area contributed by atoms with Gasteiger partial charge in [-0.25, -0.2) is 4.52 Å². The van der Waals surface area contributed by atoms with Crippen molar-refractivity contribution in [3.63, 3.8) is 0 Å². The lowest BCUT2D eigenvalue weighted by Gasteiger charge is -2.03. The number of nitrogens with one attached hydrogen (secondary N) is 1. The molecule has 4 nitrogen and oxygen atoms in total. The Bertz CT molecular complexity index is 509. The molecule has 0 aromatic carbocycles. The molecule has 0 saturated carbocycles. The zero-order valence-electron chi connectivity index (χ0n) is 9.40. The summed E-state index contributed by atoms with van der Waals surface area (Å²) in [6, 6.07) is 5.89. The molecule has 0 bridgehead atoms. The predicted molar refractivity (Wildman–Crippen MR) is 70.1 cm³/mol. The summed E-state index contributed by atoms with van der Waals surface area (Å²) in [6.45, 7) is 0.536. The van der Waals surface area contributed by atoms with Crippen molar-refractivity contribution in [2.24, 2.45) is 0 Å². The molecule has 0 fully saturated rings. The molecule has 90 valence electrons. The predicted octanol–water partition coefficient (Wildman–Crippen LogP) is 2.13. The number of carbonyl (C=O) groups excluding carboxylic acids is 1. The molecule has 17 heavy (non-hydrogen) atoms. The maximum Gasteiger partial charge on any atom is 0.220 e. The summed E-state index contributed by atoms with van der Waals surface area (Å²) in [5.41, 5.74) is 2.08. The van der Waals surface area contributed by atoms with Gasteiger partial charge < -0.3 is 5.32 Å². The van der Waals surface area contributed by atoms with Gasteiger partial charge in [0, 0.05) is 30.1 Å². The highest BCUT2D eigenvalue weighted by Gasteiger charge is 2.05. The van der Waals surface area contributed by atoms with Crippen LogP contribution in [0, 0.1) is 0 Å². The molecular formula is C12H14BrN3O. The lowest BCUT2D eigenvalue weighted by atomic mass is 10.2. The average Bonchev–Trinajstić information content (AvgIpc) is 2.77. The van der Waals surface area contributed by atoms with Gasteiger partial charge in [0.05, 0.1) is 11.7 Å². The molecule has 1 N–H and O–H groups in total. The molecule has 0 unspecified atom stereocenters. The molecule has 0 radical (unpaired) electrons. The van der Waals surface area contributed by atoms with Crippen LogP contribution in [0.1, 0.15) is 18.4 Å². The largest absolute Gasteiger partial charge is 0.352 e. The monoisotopic (exact) mass is 295 g/mol. The number of alkyl halides is 1. The number of amides is 1. The van der Waals surface area contributed by atoms with Crippen LogP contribution in [0.4, 0.5) is 0 Å². The van der Waals surface area contributed by atoms with E-state index in [-0.39, 0.29) is 5.91 Å². The number of halogens is 1. The highest BCUT2D eigenvalue weighted by Crippen LogP contribution is 2.09. The van der Waals surface area contributed by atoms with Crippen LogP contribution in [0.3, 0.4) is 0 Å². The summed E-state index contributed by atoms with van der Waals surface area (Å²) >= 11 is 3.31. The maximum atomic E-state index is 11.5. The van der Waals surface area contributed by atoms with Crippen LogP contribution >= 0.6 is 15.9 Å². The topological polar surface area (TPSA) is 46.4 Å². The van der Waals surface area contributed by atoms with Crippen molar-refractivity contribution in [2.75, 3.05) is 5.33 Å². The molecule has 2 aromatic rings. The van der Waals surface area contributed by atoms with E-state index in [4.69, 9.17) is 0 Å². The third-order valence-electron chi connectivity index (χ3n) is 2.52. The zero-order valence-corrected chi connectivity index (χ0v) is 11.0. The summed E-state index contributed by atoms with van der Waals surface area (Å²) in [5, 5.41) is 7.97. The lowest BCUT2D eigenvalue weighted by molar-refractivity contribution is -0.121. The normalized spacial score (nSPS) is 10.6. The molecule has 1 amide bonds. The summed E-state index contributed by atoms with van der Waals surface area (Å²) in [7, 11) is 0. The summed E-state index contributed by atoms with van der Waals surface area (Å²) < 4.78 is 1.81. The first-order chi connectivity index (χ1) is 8.31. The van der Waals surface area contributed by atoms with E-state index in [1.54, 1.807) is 10.7 Å². The van der Waals surface area contributed by atoms with Crippen LogP contribution in [-0.2, 0) is 11.3 Å². The Kier molecular flexibility index (Phi) is 4.14. The van der Waals surface area contributed by atoms with Gasteiger partial charge in [0.25, 0.3) is 0 Å². The van der Waals surface area contributed by atoms with Crippen molar-refractivity contribution in [1.82, 2.24) is 14.9 Å². The van der Waals surface area contributed by atoms with Crippen LogP contribution in [0.5, 0.6) is 0 Å². The van der Waals surface area contributed by atoms with Crippen molar-refractivity contribution in [3.05, 3.63) is 36.2 Å². The second-order valence-electron chi connectivity index (χ2n) is 3.77. The minimum absolute atomic E-state index is 0.0831. The second kappa shape index (κ2) is 5.82. The van der Waals surface area contributed by atoms with Gasteiger partial charge >= 0.3 is 0 Å². The number of rotatable bonds is 5. The van der Waals surface area contributed by atoms with Crippen molar-refractivity contribution in [1.29, 1.82) is 0 Å². The number of aromatic nitrogens is 2. The van der Waals surface area contributed by atoms with Gasteiger partial charge in [0.1, 0.15) is 0 Å². The number of hydrogen-bond donors (Lipinski definition) is 1. The first-order valence-corrected chi connectivity index (χ1v) is 6.67. The van der Waals surface area contributed by atoms with Gasteiger partial charge in [-0.05, 0) is 18.6 Å². The van der Waals surface area contributed by atoms with Gasteiger partial charge in [-0.15, -0.1) is 0 Å². The standard InChI is InChI=1S/C12H14BrN3O/c13-6-3-5-12(17)14-8-10-9-15-16-7-2-1-4-11(10)16/h1-2,4,7,9H,3,5-6,8H2,(H,14,17). The minimum Gasteiger partial charge on any atom is -0.352 e. The Morgan fingerprint density at radius 2 is 2.35 bits per heavy atom. The van der Waals surface area contributed by atoms with E-state index < -0.39 is 0 Å². The van der Waals surface area contributed by atoms with Gasteiger partial charge in [0.2, 0.25) is 5.91 Å². The van der Waals surface area contributed by atoms with E-state index in [1.165, 1.54) is 0 Å². The molecule has 0 aliphatic rings. The van der Waals surface area contributed by atoms with Crippen LogP contribution in [0.25, 0.3) is 5.52 Å². The highest BCUT2D eigenvalue weighted by atomic mass is 79.9. The molecule has 5 heteroatoms. The molecule has 0 saturated heterocycles. The second-order valence-corrected chi connectivity index (χ2v) is 4.56. The first-order valence-electron chi connectivity index (χ1n) is 5.55. The Morgan fingerprint density at radius 3 is 3.18 bits per heavy atom. The van der Waals surface area contributed by atoms with Gasteiger partial charge in [-0.2, -0.15) is 5.10 Å². The number of carbonyl (C=O) groups is 1. The Balaban J connectivity index is 1.97. The van der Waals surface area contributed by atoms with E-state index in [0.717, 1.165) is 22.8 Å². The fraction of sp³-hybridized carbons (Fsp3) is 0.333. The van der Waals surface area contributed by atoms with Gasteiger partial charge in [-0.1, -0.05) is 22.0 Å². The summed E-state index contributed by atoms with van der Waals surface area (Å²) in [4.78, 5) is 11.5. The van der Waals surface area contributed by atoms with E-state index in [2.05, 4.69) is 26.3 Å². The molecule has 2 heterocycles. The quantitative estimate of drug-likeness (QED) is 0.859. The molecule has 0 aliphatic carbocycles. The molecular weight excluding hydrogens is 282 g/mol. The lowest BCUT2D eigenvalue weighted by Crippen LogP contribution is -2.22. The molecule has 0 spiro atoms. The number of hydrogen-bond acceptors (Lipinski definition) is 2. The third-order valence-corrected chi connectivity index (χ3v) is 3.08. The first kappa shape index (κ1) is 12.1.